The molecule has 0 aliphatic rings. The Bertz CT molecular complexity index is 1880. The van der Waals surface area contributed by atoms with Crippen molar-refractivity contribution in [2.75, 3.05) is 4.90 Å². The SMILES string of the molecule is OCc1ccc(-c2ccc(-c3ccc(N(c4ccc(-c5ccccc5)cc4)c4ccc(-c5ccccc5)cc4)cc3)cc2)cc1. The van der Waals surface area contributed by atoms with Crippen LogP contribution in [-0.2, 0) is 6.61 Å². The Morgan fingerprint density at radius 1 is 0.289 bits per heavy atom. The van der Waals surface area contributed by atoms with Gasteiger partial charge in [0.25, 0.3) is 0 Å². The zero-order valence-electron chi connectivity index (χ0n) is 24.9. The first kappa shape index (κ1) is 28.1. The maximum absolute atomic E-state index is 9.35. The summed E-state index contributed by atoms with van der Waals surface area (Å²) in [5.41, 5.74) is 13.7. The van der Waals surface area contributed by atoms with Crippen LogP contribution in [-0.4, -0.2) is 5.11 Å². The van der Waals surface area contributed by atoms with Gasteiger partial charge in [-0.25, -0.2) is 0 Å². The first-order valence-corrected chi connectivity index (χ1v) is 15.3. The quantitative estimate of drug-likeness (QED) is 0.194. The Hall–Kier alpha value is -5.70. The lowest BCUT2D eigenvalue weighted by Gasteiger charge is -2.26. The van der Waals surface area contributed by atoms with E-state index in [1.807, 2.05) is 24.3 Å². The summed E-state index contributed by atoms with van der Waals surface area (Å²) in [4.78, 5) is 2.31. The minimum atomic E-state index is 0.0602. The van der Waals surface area contributed by atoms with Crippen LogP contribution in [0, 0.1) is 0 Å². The number of benzene rings is 7. The molecular formula is C43H33NO. The van der Waals surface area contributed by atoms with Crippen LogP contribution in [0.4, 0.5) is 17.1 Å². The van der Waals surface area contributed by atoms with E-state index in [-0.39, 0.29) is 6.61 Å². The minimum absolute atomic E-state index is 0.0602. The molecule has 0 heterocycles. The second-order valence-corrected chi connectivity index (χ2v) is 11.1. The van der Waals surface area contributed by atoms with E-state index in [1.165, 1.54) is 33.4 Å². The molecule has 216 valence electrons. The lowest BCUT2D eigenvalue weighted by molar-refractivity contribution is 0.282. The summed E-state index contributed by atoms with van der Waals surface area (Å²) in [7, 11) is 0. The van der Waals surface area contributed by atoms with Crippen molar-refractivity contribution in [3.05, 3.63) is 188 Å². The van der Waals surface area contributed by atoms with Crippen molar-refractivity contribution < 1.29 is 5.11 Å². The van der Waals surface area contributed by atoms with E-state index in [0.29, 0.717) is 0 Å². The largest absolute Gasteiger partial charge is 0.392 e. The lowest BCUT2D eigenvalue weighted by atomic mass is 9.99. The van der Waals surface area contributed by atoms with Crippen LogP contribution >= 0.6 is 0 Å². The van der Waals surface area contributed by atoms with Crippen molar-refractivity contribution in [1.29, 1.82) is 0 Å². The summed E-state index contributed by atoms with van der Waals surface area (Å²) in [6, 6.07) is 64.1. The molecule has 0 spiro atoms. The van der Waals surface area contributed by atoms with Gasteiger partial charge >= 0.3 is 0 Å². The number of hydrogen-bond donors (Lipinski definition) is 1. The van der Waals surface area contributed by atoms with E-state index in [0.717, 1.165) is 33.8 Å². The molecule has 1 N–H and O–H groups in total. The second kappa shape index (κ2) is 12.9. The monoisotopic (exact) mass is 579 g/mol. The van der Waals surface area contributed by atoms with Crippen molar-refractivity contribution >= 4 is 17.1 Å². The molecule has 0 aliphatic heterocycles. The average molecular weight is 580 g/mol. The van der Waals surface area contributed by atoms with Gasteiger partial charge in [-0.3, -0.25) is 0 Å². The molecule has 7 aromatic carbocycles. The molecule has 2 nitrogen and oxygen atoms in total. The lowest BCUT2D eigenvalue weighted by Crippen LogP contribution is -2.09. The van der Waals surface area contributed by atoms with Crippen LogP contribution in [0.5, 0.6) is 0 Å². The third kappa shape index (κ3) is 6.19. The van der Waals surface area contributed by atoms with Crippen LogP contribution in [0.25, 0.3) is 44.5 Å². The Kier molecular flexibility index (Phi) is 8.05. The van der Waals surface area contributed by atoms with E-state index < -0.39 is 0 Å². The Morgan fingerprint density at radius 2 is 0.533 bits per heavy atom. The van der Waals surface area contributed by atoms with Gasteiger partial charge in [0.1, 0.15) is 0 Å². The van der Waals surface area contributed by atoms with Crippen LogP contribution in [0.1, 0.15) is 5.56 Å². The normalized spacial score (nSPS) is 10.9. The van der Waals surface area contributed by atoms with Crippen molar-refractivity contribution in [3.8, 4) is 44.5 Å². The highest BCUT2D eigenvalue weighted by molar-refractivity contribution is 5.81. The Labute approximate surface area is 265 Å². The summed E-state index contributed by atoms with van der Waals surface area (Å²) in [6.07, 6.45) is 0. The zero-order valence-corrected chi connectivity index (χ0v) is 24.9. The Balaban J connectivity index is 1.20. The summed E-state index contributed by atoms with van der Waals surface area (Å²) in [5, 5.41) is 9.35. The summed E-state index contributed by atoms with van der Waals surface area (Å²) < 4.78 is 0. The smallest absolute Gasteiger partial charge is 0.0681 e. The van der Waals surface area contributed by atoms with Crippen molar-refractivity contribution in [2.45, 2.75) is 6.61 Å². The molecule has 7 aromatic rings. The number of anilines is 3. The van der Waals surface area contributed by atoms with Gasteiger partial charge in [-0.2, -0.15) is 0 Å². The molecule has 0 saturated carbocycles. The van der Waals surface area contributed by atoms with E-state index in [9.17, 15) is 5.11 Å². The molecule has 2 heteroatoms. The first-order chi connectivity index (χ1) is 22.2. The van der Waals surface area contributed by atoms with Crippen molar-refractivity contribution in [2.24, 2.45) is 0 Å². The molecule has 0 aliphatic carbocycles. The van der Waals surface area contributed by atoms with Crippen molar-refractivity contribution in [1.82, 2.24) is 0 Å². The Morgan fingerprint density at radius 3 is 0.822 bits per heavy atom. The molecule has 0 unspecified atom stereocenters. The molecular weight excluding hydrogens is 546 g/mol. The molecule has 0 aromatic heterocycles. The van der Waals surface area contributed by atoms with Gasteiger partial charge in [0.2, 0.25) is 0 Å². The summed E-state index contributed by atoms with van der Waals surface area (Å²) in [5.74, 6) is 0. The fourth-order valence-electron chi connectivity index (χ4n) is 5.78. The van der Waals surface area contributed by atoms with Crippen LogP contribution in [0.15, 0.2) is 182 Å². The van der Waals surface area contributed by atoms with Gasteiger partial charge in [-0.05, 0) is 86.5 Å². The van der Waals surface area contributed by atoms with Crippen molar-refractivity contribution in [3.63, 3.8) is 0 Å². The number of nitrogens with zero attached hydrogens (tertiary/aromatic N) is 1. The highest BCUT2D eigenvalue weighted by Crippen LogP contribution is 2.38. The molecule has 0 fully saturated rings. The van der Waals surface area contributed by atoms with Gasteiger partial charge in [-0.1, -0.05) is 146 Å². The molecule has 0 amide bonds. The zero-order chi connectivity index (χ0) is 30.4. The average Bonchev–Trinajstić information content (AvgIpc) is 3.13. The third-order valence-corrected chi connectivity index (χ3v) is 8.28. The van der Waals surface area contributed by atoms with Gasteiger partial charge in [0, 0.05) is 17.1 Å². The molecule has 0 saturated heterocycles. The van der Waals surface area contributed by atoms with Crippen LogP contribution < -0.4 is 4.90 Å². The van der Waals surface area contributed by atoms with Crippen LogP contribution in [0.2, 0.25) is 0 Å². The highest BCUT2D eigenvalue weighted by Gasteiger charge is 2.14. The minimum Gasteiger partial charge on any atom is -0.392 e. The summed E-state index contributed by atoms with van der Waals surface area (Å²) >= 11 is 0. The fourth-order valence-corrected chi connectivity index (χ4v) is 5.78. The van der Waals surface area contributed by atoms with E-state index >= 15 is 0 Å². The van der Waals surface area contributed by atoms with E-state index in [2.05, 4.69) is 163 Å². The second-order valence-electron chi connectivity index (χ2n) is 11.1. The molecule has 0 atom stereocenters. The molecule has 0 radical (unpaired) electrons. The van der Waals surface area contributed by atoms with Crippen LogP contribution in [0.3, 0.4) is 0 Å². The number of rotatable bonds is 8. The number of aliphatic hydroxyl groups is 1. The van der Waals surface area contributed by atoms with E-state index in [1.54, 1.807) is 0 Å². The number of aliphatic hydroxyl groups excluding tert-OH is 1. The van der Waals surface area contributed by atoms with Gasteiger partial charge in [0.15, 0.2) is 0 Å². The summed E-state index contributed by atoms with van der Waals surface area (Å²) in [6.45, 7) is 0.0602. The van der Waals surface area contributed by atoms with E-state index in [4.69, 9.17) is 0 Å². The predicted molar refractivity (Wildman–Crippen MR) is 189 cm³/mol. The highest BCUT2D eigenvalue weighted by atomic mass is 16.3. The first-order valence-electron chi connectivity index (χ1n) is 15.3. The fraction of sp³-hybridized carbons (Fsp3) is 0.0233. The predicted octanol–water partition coefficient (Wildman–Crippen LogP) is 11.3. The van der Waals surface area contributed by atoms with Gasteiger partial charge < -0.3 is 10.0 Å². The molecule has 7 rings (SSSR count). The third-order valence-electron chi connectivity index (χ3n) is 8.28. The topological polar surface area (TPSA) is 23.5 Å². The number of hydrogen-bond acceptors (Lipinski definition) is 2. The molecule has 45 heavy (non-hydrogen) atoms. The van der Waals surface area contributed by atoms with Gasteiger partial charge in [0.05, 0.1) is 6.61 Å². The maximum Gasteiger partial charge on any atom is 0.0681 e. The van der Waals surface area contributed by atoms with Gasteiger partial charge in [-0.15, -0.1) is 0 Å². The maximum atomic E-state index is 9.35. The standard InChI is InChI=1S/C43H33NO/c45-31-32-11-13-35(14-12-32)36-15-17-37(18-16-36)40-23-29-43(30-24-40)44(41-25-19-38(20-26-41)33-7-3-1-4-8-33)42-27-21-39(22-28-42)34-9-5-2-6-10-34/h1-30,45H,31H2. The molecule has 0 bridgehead atoms.